The largest absolute Gasteiger partial charge is 0.496 e. The number of hydrazone groups is 1. The van der Waals surface area contributed by atoms with Crippen LogP contribution in [0.4, 0.5) is 0 Å². The van der Waals surface area contributed by atoms with E-state index in [1.165, 1.54) is 26.6 Å². The molecule has 0 aliphatic rings. The number of nitrogens with one attached hydrogen (secondary N) is 1. The average Bonchev–Trinajstić information content (AvgIpc) is 2.61. The Bertz CT molecular complexity index is 740. The minimum absolute atomic E-state index is 0.102. The van der Waals surface area contributed by atoms with Crippen LogP contribution in [0.25, 0.3) is 0 Å². The molecule has 1 heterocycles. The van der Waals surface area contributed by atoms with Gasteiger partial charge in [0.15, 0.2) is 0 Å². The molecule has 1 aromatic heterocycles. The Morgan fingerprint density at radius 3 is 2.42 bits per heavy atom. The monoisotopic (exact) mass is 349 g/mol. The molecule has 0 spiro atoms. The second-order valence-electron chi connectivity index (χ2n) is 4.49. The summed E-state index contributed by atoms with van der Waals surface area (Å²) in [6.07, 6.45) is 2.91. The third kappa shape index (κ3) is 3.94. The van der Waals surface area contributed by atoms with Crippen molar-refractivity contribution in [1.29, 1.82) is 0 Å². The van der Waals surface area contributed by atoms with Crippen LogP contribution in [0, 0.1) is 0 Å². The lowest BCUT2D eigenvalue weighted by atomic mass is 10.2. The van der Waals surface area contributed by atoms with E-state index in [9.17, 15) is 4.79 Å². The lowest BCUT2D eigenvalue weighted by molar-refractivity contribution is 0.0955. The zero-order valence-corrected chi connectivity index (χ0v) is 14.1. The van der Waals surface area contributed by atoms with E-state index in [-0.39, 0.29) is 10.7 Å². The fraction of sp³-hybridized carbons (Fsp3) is 0.188. The van der Waals surface area contributed by atoms with Crippen molar-refractivity contribution in [1.82, 2.24) is 10.4 Å². The fourth-order valence-corrected chi connectivity index (χ4v) is 2.14. The summed E-state index contributed by atoms with van der Waals surface area (Å²) in [5, 5.41) is 4.02. The highest BCUT2D eigenvalue weighted by molar-refractivity contribution is 6.32. The molecule has 0 radical (unpaired) electrons. The van der Waals surface area contributed by atoms with E-state index in [0.717, 1.165) is 0 Å². The van der Waals surface area contributed by atoms with Crippen molar-refractivity contribution in [3.8, 4) is 17.2 Å². The molecule has 2 rings (SSSR count). The molecule has 1 aromatic carbocycles. The molecule has 24 heavy (non-hydrogen) atoms. The van der Waals surface area contributed by atoms with E-state index in [0.29, 0.717) is 22.8 Å². The van der Waals surface area contributed by atoms with Gasteiger partial charge in [-0.3, -0.25) is 4.79 Å². The maximum absolute atomic E-state index is 12.0. The first-order chi connectivity index (χ1) is 11.6. The van der Waals surface area contributed by atoms with Gasteiger partial charge in [0.05, 0.1) is 38.7 Å². The summed E-state index contributed by atoms with van der Waals surface area (Å²) in [6, 6.07) is 6.53. The molecule has 0 aliphatic heterocycles. The number of aromatic nitrogens is 1. The number of rotatable bonds is 6. The predicted molar refractivity (Wildman–Crippen MR) is 90.4 cm³/mol. The smallest absolute Gasteiger partial charge is 0.274 e. The first-order valence-corrected chi connectivity index (χ1v) is 7.22. The van der Waals surface area contributed by atoms with Crippen LogP contribution in [0.15, 0.2) is 35.6 Å². The van der Waals surface area contributed by atoms with Gasteiger partial charge in [0, 0.05) is 18.3 Å². The maximum atomic E-state index is 12.0. The molecule has 1 amide bonds. The van der Waals surface area contributed by atoms with Gasteiger partial charge in [-0.1, -0.05) is 11.6 Å². The van der Waals surface area contributed by atoms with E-state index in [2.05, 4.69) is 15.5 Å². The van der Waals surface area contributed by atoms with Gasteiger partial charge in [0.2, 0.25) is 0 Å². The Morgan fingerprint density at radius 1 is 1.21 bits per heavy atom. The average molecular weight is 350 g/mol. The molecule has 0 saturated heterocycles. The Morgan fingerprint density at radius 2 is 1.88 bits per heavy atom. The van der Waals surface area contributed by atoms with Gasteiger partial charge in [-0.2, -0.15) is 5.10 Å². The van der Waals surface area contributed by atoms with Crippen molar-refractivity contribution in [3.63, 3.8) is 0 Å². The van der Waals surface area contributed by atoms with Crippen molar-refractivity contribution >= 4 is 23.7 Å². The number of hydrogen-bond acceptors (Lipinski definition) is 6. The van der Waals surface area contributed by atoms with E-state index in [1.54, 1.807) is 31.4 Å². The summed E-state index contributed by atoms with van der Waals surface area (Å²) in [6.45, 7) is 0. The van der Waals surface area contributed by atoms with E-state index in [4.69, 9.17) is 25.8 Å². The normalized spacial score (nSPS) is 10.5. The highest BCUT2D eigenvalue weighted by atomic mass is 35.5. The summed E-state index contributed by atoms with van der Waals surface area (Å²) < 4.78 is 15.8. The van der Waals surface area contributed by atoms with Crippen LogP contribution in [0.1, 0.15) is 15.9 Å². The first-order valence-electron chi connectivity index (χ1n) is 6.84. The van der Waals surface area contributed by atoms with Gasteiger partial charge in [-0.05, 0) is 12.1 Å². The Balaban J connectivity index is 2.23. The molecule has 0 bridgehead atoms. The molecule has 7 nitrogen and oxygen atoms in total. The summed E-state index contributed by atoms with van der Waals surface area (Å²) in [5.74, 6) is 1.08. The number of halogens is 1. The lowest BCUT2D eigenvalue weighted by Gasteiger charge is -2.12. The SMILES string of the molecule is COc1cc(OC)c(C=NNC(=O)c2cccnc2Cl)c(OC)c1. The predicted octanol–water partition coefficient (Wildman–Crippen LogP) is 2.52. The van der Waals surface area contributed by atoms with E-state index in [1.807, 2.05) is 0 Å². The quantitative estimate of drug-likeness (QED) is 0.492. The van der Waals surface area contributed by atoms with Crippen molar-refractivity contribution in [2.45, 2.75) is 0 Å². The Labute approximate surface area is 144 Å². The van der Waals surface area contributed by atoms with Crippen molar-refractivity contribution < 1.29 is 19.0 Å². The number of methoxy groups -OCH3 is 3. The van der Waals surface area contributed by atoms with Gasteiger partial charge in [-0.15, -0.1) is 0 Å². The van der Waals surface area contributed by atoms with E-state index < -0.39 is 5.91 Å². The molecule has 0 fully saturated rings. The van der Waals surface area contributed by atoms with Crippen molar-refractivity contribution in [3.05, 3.63) is 46.7 Å². The summed E-state index contributed by atoms with van der Waals surface area (Å²) in [4.78, 5) is 15.9. The third-order valence-electron chi connectivity index (χ3n) is 3.12. The highest BCUT2D eigenvalue weighted by Gasteiger charge is 2.12. The number of benzene rings is 1. The van der Waals surface area contributed by atoms with Gasteiger partial charge >= 0.3 is 0 Å². The molecule has 0 saturated carbocycles. The van der Waals surface area contributed by atoms with Gasteiger partial charge < -0.3 is 14.2 Å². The number of hydrogen-bond donors (Lipinski definition) is 1. The van der Waals surface area contributed by atoms with Crippen LogP contribution in [0.5, 0.6) is 17.2 Å². The Kier molecular flexibility index (Phi) is 5.97. The highest BCUT2D eigenvalue weighted by Crippen LogP contribution is 2.32. The number of ether oxygens (including phenoxy) is 3. The van der Waals surface area contributed by atoms with E-state index >= 15 is 0 Å². The number of amides is 1. The standard InChI is InChI=1S/C16H16ClN3O4/c1-22-10-7-13(23-2)12(14(8-10)24-3)9-19-20-16(21)11-5-4-6-18-15(11)17/h4-9H,1-3H3,(H,20,21). The number of carbonyl (C=O) groups is 1. The molecule has 0 unspecified atom stereocenters. The van der Waals surface area contributed by atoms with Crippen LogP contribution in [0.2, 0.25) is 5.15 Å². The third-order valence-corrected chi connectivity index (χ3v) is 3.42. The molecule has 126 valence electrons. The molecule has 0 atom stereocenters. The van der Waals surface area contributed by atoms with Gasteiger partial charge in [0.1, 0.15) is 22.4 Å². The van der Waals surface area contributed by atoms with Gasteiger partial charge in [-0.25, -0.2) is 10.4 Å². The molecule has 1 N–H and O–H groups in total. The zero-order valence-electron chi connectivity index (χ0n) is 13.4. The second-order valence-corrected chi connectivity index (χ2v) is 4.84. The fourth-order valence-electron chi connectivity index (χ4n) is 1.93. The maximum Gasteiger partial charge on any atom is 0.274 e. The lowest BCUT2D eigenvalue weighted by Crippen LogP contribution is -2.18. The molecular formula is C16H16ClN3O4. The Hall–Kier alpha value is -2.80. The van der Waals surface area contributed by atoms with Crippen molar-refractivity contribution in [2.75, 3.05) is 21.3 Å². The topological polar surface area (TPSA) is 82.0 Å². The van der Waals surface area contributed by atoms with Gasteiger partial charge in [0.25, 0.3) is 5.91 Å². The molecule has 8 heteroatoms. The number of pyridine rings is 1. The van der Waals surface area contributed by atoms with Crippen molar-refractivity contribution in [2.24, 2.45) is 5.10 Å². The van der Waals surface area contributed by atoms with Crippen LogP contribution in [-0.4, -0.2) is 38.4 Å². The first kappa shape index (κ1) is 17.6. The summed E-state index contributed by atoms with van der Waals surface area (Å²) in [5.41, 5.74) is 3.16. The minimum atomic E-state index is -0.476. The van der Waals surface area contributed by atoms with Crippen LogP contribution >= 0.6 is 11.6 Å². The number of carbonyl (C=O) groups excluding carboxylic acids is 1. The number of nitrogens with zero attached hydrogens (tertiary/aromatic N) is 2. The summed E-state index contributed by atoms with van der Waals surface area (Å²) >= 11 is 5.87. The van der Waals surface area contributed by atoms with Crippen LogP contribution in [-0.2, 0) is 0 Å². The minimum Gasteiger partial charge on any atom is -0.496 e. The summed E-state index contributed by atoms with van der Waals surface area (Å²) in [7, 11) is 4.57. The zero-order chi connectivity index (χ0) is 17.5. The molecule has 2 aromatic rings. The van der Waals surface area contributed by atoms with Crippen LogP contribution < -0.4 is 19.6 Å². The second kappa shape index (κ2) is 8.16. The van der Waals surface area contributed by atoms with Crippen LogP contribution in [0.3, 0.4) is 0 Å². The molecule has 0 aliphatic carbocycles. The molecular weight excluding hydrogens is 334 g/mol.